The van der Waals surface area contributed by atoms with E-state index in [0.29, 0.717) is 23.1 Å². The van der Waals surface area contributed by atoms with Gasteiger partial charge < -0.3 is 19.6 Å². The number of imide groups is 1. The summed E-state index contributed by atoms with van der Waals surface area (Å²) in [6.07, 6.45) is -6.90. The molecule has 18 heteroatoms. The predicted molar refractivity (Wildman–Crippen MR) is 170 cm³/mol. The number of carbonyl (C=O) groups excluding carboxylic acids is 3. The number of carboxylic acid groups (broad SMARTS) is 1. The molecule has 11 nitrogen and oxygen atoms in total. The summed E-state index contributed by atoms with van der Waals surface area (Å²) in [7, 11) is 1.32. The van der Waals surface area contributed by atoms with E-state index in [1.165, 1.54) is 43.5 Å². The van der Waals surface area contributed by atoms with Crippen molar-refractivity contribution >= 4 is 56.8 Å². The van der Waals surface area contributed by atoms with Gasteiger partial charge in [-0.25, -0.2) is 22.9 Å². The van der Waals surface area contributed by atoms with Gasteiger partial charge in [-0.3, -0.25) is 24.2 Å². The highest BCUT2D eigenvalue weighted by molar-refractivity contribution is 9.10. The molecule has 0 aliphatic carbocycles. The lowest BCUT2D eigenvalue weighted by atomic mass is 10.0. The lowest BCUT2D eigenvalue weighted by Crippen LogP contribution is -2.46. The van der Waals surface area contributed by atoms with Crippen LogP contribution in [0.3, 0.4) is 0 Å². The molecule has 4 amide bonds. The maximum atomic E-state index is 15.7. The van der Waals surface area contributed by atoms with Crippen LogP contribution in [0.2, 0.25) is 0 Å². The van der Waals surface area contributed by atoms with Crippen molar-refractivity contribution in [1.82, 2.24) is 14.8 Å². The Morgan fingerprint density at radius 2 is 1.53 bits per heavy atom. The highest BCUT2D eigenvalue weighted by Gasteiger charge is 2.41. The first-order chi connectivity index (χ1) is 24.1. The Morgan fingerprint density at radius 3 is 2.12 bits per heavy atom. The number of alkyl halides is 3. The molecule has 0 atom stereocenters. The number of benzene rings is 3. The molecule has 6 rings (SSSR count). The predicted octanol–water partition coefficient (Wildman–Crippen LogP) is 6.82. The molecular weight excluding hydrogens is 756 g/mol. The summed E-state index contributed by atoms with van der Waals surface area (Å²) in [6, 6.07) is 11.0. The minimum atomic E-state index is -5.23. The molecule has 51 heavy (non-hydrogen) atoms. The first kappa shape index (κ1) is 35.2. The summed E-state index contributed by atoms with van der Waals surface area (Å²) in [4.78, 5) is 59.3. The van der Waals surface area contributed by atoms with Gasteiger partial charge in [-0.05, 0) is 58.4 Å². The third-order valence-electron chi connectivity index (χ3n) is 8.30. The number of amides is 4. The van der Waals surface area contributed by atoms with Crippen LogP contribution in [0.5, 0.6) is 5.88 Å². The van der Waals surface area contributed by atoms with E-state index in [9.17, 15) is 46.2 Å². The topological polar surface area (TPSA) is 124 Å². The summed E-state index contributed by atoms with van der Waals surface area (Å²) in [5, 5.41) is 10.1. The van der Waals surface area contributed by atoms with Crippen LogP contribution in [0, 0.1) is 17.5 Å². The lowest BCUT2D eigenvalue weighted by Gasteiger charge is -2.39. The van der Waals surface area contributed by atoms with E-state index in [-0.39, 0.29) is 33.0 Å². The van der Waals surface area contributed by atoms with Gasteiger partial charge in [-0.15, -0.1) is 0 Å². The molecule has 1 aromatic heterocycles. The molecule has 264 valence electrons. The van der Waals surface area contributed by atoms with Crippen LogP contribution in [0.15, 0.2) is 65.3 Å². The van der Waals surface area contributed by atoms with Crippen molar-refractivity contribution in [3.8, 4) is 5.88 Å². The fourth-order valence-corrected chi connectivity index (χ4v) is 6.32. The van der Waals surface area contributed by atoms with E-state index in [1.54, 1.807) is 0 Å². The van der Waals surface area contributed by atoms with Gasteiger partial charge in [0.1, 0.15) is 17.1 Å². The zero-order valence-corrected chi connectivity index (χ0v) is 27.6. The molecule has 2 aliphatic heterocycles. The van der Waals surface area contributed by atoms with E-state index in [4.69, 9.17) is 4.74 Å². The highest BCUT2D eigenvalue weighted by Crippen LogP contribution is 2.43. The van der Waals surface area contributed by atoms with Crippen LogP contribution in [0.25, 0.3) is 0 Å². The van der Waals surface area contributed by atoms with Crippen LogP contribution < -0.4 is 14.5 Å². The SMILES string of the molecule is COc1ccc(N2CN(c3ccc(F)c(F)c3CN(CCN3C(=O)c4ccccc4C3=O)C(=O)O)c3cc(C(F)(F)F)c(F)cc3C2=O)c(Br)n1. The third kappa shape index (κ3) is 6.30. The van der Waals surface area contributed by atoms with Crippen LogP contribution in [-0.2, 0) is 12.7 Å². The van der Waals surface area contributed by atoms with E-state index >= 15 is 4.39 Å². The van der Waals surface area contributed by atoms with E-state index in [1.807, 2.05) is 0 Å². The number of anilines is 3. The van der Waals surface area contributed by atoms with Gasteiger partial charge in [0.05, 0.1) is 53.0 Å². The Labute approximate surface area is 292 Å². The van der Waals surface area contributed by atoms with Crippen LogP contribution in [-0.4, -0.2) is 70.6 Å². The van der Waals surface area contributed by atoms with Gasteiger partial charge in [0.15, 0.2) is 11.6 Å². The number of carbonyl (C=O) groups is 4. The highest BCUT2D eigenvalue weighted by atomic mass is 79.9. The Morgan fingerprint density at radius 1 is 0.882 bits per heavy atom. The fourth-order valence-electron chi connectivity index (χ4n) is 5.80. The number of ether oxygens (including phenoxy) is 1. The van der Waals surface area contributed by atoms with Crippen molar-refractivity contribution in [2.45, 2.75) is 12.7 Å². The molecule has 0 radical (unpaired) electrons. The van der Waals surface area contributed by atoms with Crippen molar-refractivity contribution in [2.24, 2.45) is 0 Å². The Kier molecular flexibility index (Phi) is 9.13. The summed E-state index contributed by atoms with van der Waals surface area (Å²) in [5.41, 5.74) is -3.71. The van der Waals surface area contributed by atoms with Crippen LogP contribution in [0.4, 0.5) is 48.2 Å². The molecule has 3 aromatic carbocycles. The number of nitrogens with zero attached hydrogens (tertiary/aromatic N) is 5. The van der Waals surface area contributed by atoms with E-state index in [2.05, 4.69) is 20.9 Å². The molecule has 2 aliphatic rings. The van der Waals surface area contributed by atoms with Crippen molar-refractivity contribution in [1.29, 1.82) is 0 Å². The fraction of sp³-hybridized carbons (Fsp3) is 0.182. The molecule has 0 saturated heterocycles. The first-order valence-corrected chi connectivity index (χ1v) is 15.5. The maximum Gasteiger partial charge on any atom is 0.419 e. The largest absolute Gasteiger partial charge is 0.481 e. The number of rotatable bonds is 8. The summed E-state index contributed by atoms with van der Waals surface area (Å²) in [6.45, 7) is -2.66. The summed E-state index contributed by atoms with van der Waals surface area (Å²) in [5.74, 6) is -7.04. The summed E-state index contributed by atoms with van der Waals surface area (Å²) >= 11 is 3.21. The minimum absolute atomic E-state index is 0.0294. The van der Waals surface area contributed by atoms with Gasteiger partial charge in [-0.2, -0.15) is 13.2 Å². The normalized spacial score (nSPS) is 14.2. The number of fused-ring (bicyclic) bond motifs is 2. The average molecular weight is 778 g/mol. The van der Waals surface area contributed by atoms with Gasteiger partial charge >= 0.3 is 12.3 Å². The van der Waals surface area contributed by atoms with Gasteiger partial charge in [-0.1, -0.05) is 12.1 Å². The Bertz CT molecular complexity index is 2100. The maximum absolute atomic E-state index is 15.7. The van der Waals surface area contributed by atoms with Gasteiger partial charge in [0.2, 0.25) is 5.88 Å². The number of methoxy groups -OCH3 is 1. The van der Waals surface area contributed by atoms with Crippen molar-refractivity contribution < 1.29 is 55.4 Å². The molecule has 0 saturated carbocycles. The van der Waals surface area contributed by atoms with Crippen LogP contribution >= 0.6 is 15.9 Å². The minimum Gasteiger partial charge on any atom is -0.481 e. The van der Waals surface area contributed by atoms with Crippen molar-refractivity contribution in [2.75, 3.05) is 36.7 Å². The van der Waals surface area contributed by atoms with E-state index in [0.717, 1.165) is 20.8 Å². The Balaban J connectivity index is 1.43. The number of aromatic nitrogens is 1. The van der Waals surface area contributed by atoms with Crippen LogP contribution in [0.1, 0.15) is 42.2 Å². The molecule has 0 fully saturated rings. The number of halogens is 7. The zero-order valence-electron chi connectivity index (χ0n) is 26.0. The number of pyridine rings is 1. The zero-order chi connectivity index (χ0) is 36.9. The molecule has 4 aromatic rings. The quantitative estimate of drug-likeness (QED) is 0.118. The second kappa shape index (κ2) is 13.2. The van der Waals surface area contributed by atoms with Crippen molar-refractivity contribution in [3.05, 3.63) is 111 Å². The monoisotopic (exact) mass is 777 g/mol. The smallest absolute Gasteiger partial charge is 0.419 e. The molecule has 0 unspecified atom stereocenters. The Hall–Kier alpha value is -5.65. The van der Waals surface area contributed by atoms with Crippen molar-refractivity contribution in [3.63, 3.8) is 0 Å². The second-order valence-electron chi connectivity index (χ2n) is 11.2. The number of hydrogen-bond acceptors (Lipinski definition) is 7. The average Bonchev–Trinajstić information content (AvgIpc) is 3.33. The number of hydrogen-bond donors (Lipinski definition) is 1. The lowest BCUT2D eigenvalue weighted by molar-refractivity contribution is -0.140. The summed E-state index contributed by atoms with van der Waals surface area (Å²) < 4.78 is 92.3. The third-order valence-corrected chi connectivity index (χ3v) is 8.88. The standard InChI is InChI=1S/C33H22BrF6N5O6/c1-51-26-9-8-24(28(34)41-26)45-15-44(25-13-20(33(38,39)40)22(36)12-18(25)31(45)48)23-7-6-21(35)27(37)19(23)14-42(32(49)50)10-11-43-29(46)16-4-2-3-5-17(16)30(43)47/h2-9,12-13H,10-11,14-15H2,1H3,(H,49,50). The molecular formula is C33H22BrF6N5O6. The molecule has 1 N–H and O–H groups in total. The second-order valence-corrected chi connectivity index (χ2v) is 11.9. The molecule has 0 spiro atoms. The van der Waals surface area contributed by atoms with E-state index < -0.39 is 96.1 Å². The first-order valence-electron chi connectivity index (χ1n) is 14.7. The van der Waals surface area contributed by atoms with Gasteiger partial charge in [0.25, 0.3) is 17.7 Å². The van der Waals surface area contributed by atoms with Gasteiger partial charge in [0, 0.05) is 24.7 Å². The molecule has 0 bridgehead atoms. The molecule has 3 heterocycles.